The van der Waals surface area contributed by atoms with Gasteiger partial charge in [0.1, 0.15) is 0 Å². The third kappa shape index (κ3) is 1.41. The summed E-state index contributed by atoms with van der Waals surface area (Å²) < 4.78 is 25.2. The van der Waals surface area contributed by atoms with E-state index in [0.717, 1.165) is 12.1 Å². The Morgan fingerprint density at radius 1 is 1.42 bits per heavy atom. The van der Waals surface area contributed by atoms with Gasteiger partial charge in [-0.25, -0.2) is 8.78 Å². The van der Waals surface area contributed by atoms with Gasteiger partial charge in [0, 0.05) is 5.56 Å². The van der Waals surface area contributed by atoms with E-state index >= 15 is 0 Å². The molecule has 0 heterocycles. The minimum Gasteiger partial charge on any atom is -0.374 e. The van der Waals surface area contributed by atoms with Crippen LogP contribution in [-0.2, 0) is 0 Å². The van der Waals surface area contributed by atoms with Crippen LogP contribution in [0, 0.1) is 23.0 Å². The highest BCUT2D eigenvalue weighted by Gasteiger charge is 2.14. The molecule has 0 saturated carbocycles. The van der Waals surface area contributed by atoms with E-state index in [4.69, 9.17) is 10.4 Å². The van der Waals surface area contributed by atoms with Gasteiger partial charge in [0.05, 0.1) is 6.07 Å². The van der Waals surface area contributed by atoms with E-state index in [-0.39, 0.29) is 5.56 Å². The molecule has 0 saturated heterocycles. The summed E-state index contributed by atoms with van der Waals surface area (Å²) in [5, 5.41) is 17.1. The van der Waals surface area contributed by atoms with Gasteiger partial charge >= 0.3 is 0 Å². The van der Waals surface area contributed by atoms with Crippen LogP contribution >= 0.6 is 0 Å². The number of rotatable bonds is 1. The Morgan fingerprint density at radius 2 is 2.08 bits per heavy atom. The molecule has 0 aromatic heterocycles. The van der Waals surface area contributed by atoms with Gasteiger partial charge in [0.25, 0.3) is 0 Å². The standard InChI is InChI=1S/C8H5F2NO/c9-6-3-1-2-5(8(6)10)7(12)4-11/h1-3,7,12H/t7-/m0/s1. The number of halogens is 2. The lowest BCUT2D eigenvalue weighted by Gasteiger charge is -2.03. The normalized spacial score (nSPS) is 12.2. The van der Waals surface area contributed by atoms with E-state index in [2.05, 4.69) is 0 Å². The molecule has 1 atom stereocenters. The van der Waals surface area contributed by atoms with Crippen LogP contribution in [0.5, 0.6) is 0 Å². The summed E-state index contributed by atoms with van der Waals surface area (Å²) in [6, 6.07) is 4.71. The van der Waals surface area contributed by atoms with Crippen molar-refractivity contribution in [3.05, 3.63) is 35.4 Å². The third-order valence-electron chi connectivity index (χ3n) is 1.40. The zero-order chi connectivity index (χ0) is 9.14. The fourth-order valence-electron chi connectivity index (χ4n) is 0.801. The molecule has 0 fully saturated rings. The van der Waals surface area contributed by atoms with Crippen molar-refractivity contribution in [2.24, 2.45) is 0 Å². The number of hydrogen-bond acceptors (Lipinski definition) is 2. The largest absolute Gasteiger partial charge is 0.374 e. The van der Waals surface area contributed by atoms with E-state index < -0.39 is 17.7 Å². The van der Waals surface area contributed by atoms with Gasteiger partial charge in [0.15, 0.2) is 17.7 Å². The monoisotopic (exact) mass is 169 g/mol. The van der Waals surface area contributed by atoms with Crippen molar-refractivity contribution in [2.75, 3.05) is 0 Å². The molecule has 1 rings (SSSR count). The quantitative estimate of drug-likeness (QED) is 0.647. The predicted molar refractivity (Wildman–Crippen MR) is 36.9 cm³/mol. The lowest BCUT2D eigenvalue weighted by atomic mass is 10.1. The van der Waals surface area contributed by atoms with Gasteiger partial charge in [-0.3, -0.25) is 0 Å². The van der Waals surface area contributed by atoms with Crippen LogP contribution in [0.15, 0.2) is 18.2 Å². The molecule has 0 unspecified atom stereocenters. The fraction of sp³-hybridized carbons (Fsp3) is 0.125. The smallest absolute Gasteiger partial charge is 0.168 e. The van der Waals surface area contributed by atoms with Crippen molar-refractivity contribution < 1.29 is 13.9 Å². The van der Waals surface area contributed by atoms with E-state index in [0.29, 0.717) is 0 Å². The van der Waals surface area contributed by atoms with E-state index in [1.807, 2.05) is 0 Å². The maximum atomic E-state index is 12.8. The highest BCUT2D eigenvalue weighted by molar-refractivity contribution is 5.24. The maximum Gasteiger partial charge on any atom is 0.168 e. The van der Waals surface area contributed by atoms with Gasteiger partial charge < -0.3 is 5.11 Å². The second-order valence-electron chi connectivity index (χ2n) is 2.17. The Balaban J connectivity index is 3.18. The van der Waals surface area contributed by atoms with Gasteiger partial charge in [0.2, 0.25) is 0 Å². The van der Waals surface area contributed by atoms with Gasteiger partial charge in [-0.1, -0.05) is 12.1 Å². The van der Waals surface area contributed by atoms with Crippen LogP contribution in [0.1, 0.15) is 11.7 Å². The van der Waals surface area contributed by atoms with Crippen molar-refractivity contribution in [2.45, 2.75) is 6.10 Å². The first-order valence-electron chi connectivity index (χ1n) is 3.18. The molecule has 0 spiro atoms. The first-order chi connectivity index (χ1) is 5.66. The van der Waals surface area contributed by atoms with Crippen molar-refractivity contribution >= 4 is 0 Å². The molecule has 1 aromatic rings. The summed E-state index contributed by atoms with van der Waals surface area (Å²) in [6.07, 6.45) is -1.61. The molecule has 0 bridgehead atoms. The molecule has 1 N–H and O–H groups in total. The van der Waals surface area contributed by atoms with Crippen LogP contribution in [0.2, 0.25) is 0 Å². The van der Waals surface area contributed by atoms with Crippen LogP contribution in [-0.4, -0.2) is 5.11 Å². The summed E-state index contributed by atoms with van der Waals surface area (Å²) in [5.74, 6) is -2.24. The molecule has 62 valence electrons. The average Bonchev–Trinajstić information content (AvgIpc) is 2.08. The third-order valence-corrected chi connectivity index (χ3v) is 1.40. The lowest BCUT2D eigenvalue weighted by Crippen LogP contribution is -1.99. The van der Waals surface area contributed by atoms with Crippen LogP contribution in [0.4, 0.5) is 8.78 Å². The molecular weight excluding hydrogens is 164 g/mol. The van der Waals surface area contributed by atoms with Crippen molar-refractivity contribution in [3.63, 3.8) is 0 Å². The molecule has 0 aliphatic carbocycles. The zero-order valence-corrected chi connectivity index (χ0v) is 5.96. The average molecular weight is 169 g/mol. The number of benzene rings is 1. The molecule has 1 aromatic carbocycles. The Kier molecular flexibility index (Phi) is 2.36. The summed E-state index contributed by atoms with van der Waals surface area (Å²) in [6.45, 7) is 0. The van der Waals surface area contributed by atoms with Crippen molar-refractivity contribution in [1.29, 1.82) is 5.26 Å². The van der Waals surface area contributed by atoms with Crippen molar-refractivity contribution in [1.82, 2.24) is 0 Å². The molecule has 0 radical (unpaired) electrons. The van der Waals surface area contributed by atoms with E-state index in [1.54, 1.807) is 0 Å². The summed E-state index contributed by atoms with van der Waals surface area (Å²) in [7, 11) is 0. The van der Waals surface area contributed by atoms with Crippen LogP contribution in [0.25, 0.3) is 0 Å². The van der Waals surface area contributed by atoms with Gasteiger partial charge in [-0.05, 0) is 6.07 Å². The number of aliphatic hydroxyl groups excluding tert-OH is 1. The lowest BCUT2D eigenvalue weighted by molar-refractivity contribution is 0.228. The minimum atomic E-state index is -1.61. The van der Waals surface area contributed by atoms with Crippen LogP contribution in [0.3, 0.4) is 0 Å². The molecule has 0 aliphatic rings. The molecular formula is C8H5F2NO. The molecule has 0 amide bonds. The Morgan fingerprint density at radius 3 is 2.67 bits per heavy atom. The van der Waals surface area contributed by atoms with Crippen molar-refractivity contribution in [3.8, 4) is 6.07 Å². The second kappa shape index (κ2) is 3.28. The first kappa shape index (κ1) is 8.62. The SMILES string of the molecule is N#C[C@H](O)c1cccc(F)c1F. The van der Waals surface area contributed by atoms with E-state index in [1.165, 1.54) is 12.1 Å². The number of hydrogen-bond donors (Lipinski definition) is 1. The summed E-state index contributed by atoms with van der Waals surface area (Å²) in [4.78, 5) is 0. The Bertz CT molecular complexity index is 332. The topological polar surface area (TPSA) is 44.0 Å². The molecule has 4 heteroatoms. The molecule has 12 heavy (non-hydrogen) atoms. The van der Waals surface area contributed by atoms with Crippen LogP contribution < -0.4 is 0 Å². The van der Waals surface area contributed by atoms with Gasteiger partial charge in [-0.15, -0.1) is 0 Å². The predicted octanol–water partition coefficient (Wildman–Crippen LogP) is 1.52. The summed E-state index contributed by atoms with van der Waals surface area (Å²) >= 11 is 0. The second-order valence-corrected chi connectivity index (χ2v) is 2.17. The zero-order valence-electron chi connectivity index (χ0n) is 5.96. The highest BCUT2D eigenvalue weighted by Crippen LogP contribution is 2.17. The number of nitrogens with zero attached hydrogens (tertiary/aromatic N) is 1. The van der Waals surface area contributed by atoms with Gasteiger partial charge in [-0.2, -0.15) is 5.26 Å². The maximum absolute atomic E-state index is 12.8. The Labute approximate surface area is 67.7 Å². The first-order valence-corrected chi connectivity index (χ1v) is 3.18. The molecule has 2 nitrogen and oxygen atoms in total. The molecule has 0 aliphatic heterocycles. The number of nitriles is 1. The Hall–Kier alpha value is -1.47. The van der Waals surface area contributed by atoms with E-state index in [9.17, 15) is 8.78 Å². The summed E-state index contributed by atoms with van der Waals surface area (Å²) in [5.41, 5.74) is -0.336. The number of aliphatic hydroxyl groups is 1. The highest BCUT2D eigenvalue weighted by atomic mass is 19.2. The fourth-order valence-corrected chi connectivity index (χ4v) is 0.801. The minimum absolute atomic E-state index is 0.336.